The molecule has 5 rings (SSSR count). The molecule has 1 atom stereocenters. The van der Waals surface area contributed by atoms with E-state index in [0.717, 1.165) is 11.1 Å². The van der Waals surface area contributed by atoms with Crippen LogP contribution in [-0.2, 0) is 6.54 Å². The van der Waals surface area contributed by atoms with E-state index < -0.39 is 11.9 Å². The molecule has 0 spiro atoms. The summed E-state index contributed by atoms with van der Waals surface area (Å²) in [4.78, 5) is 34.0. The summed E-state index contributed by atoms with van der Waals surface area (Å²) < 4.78 is 20.7. The molecule has 0 bridgehead atoms. The lowest BCUT2D eigenvalue weighted by molar-refractivity contribution is 0.0648. The first-order chi connectivity index (χ1) is 17.8. The van der Waals surface area contributed by atoms with Crippen molar-refractivity contribution in [3.8, 4) is 5.69 Å². The smallest absolute Gasteiger partial charge is 0.266 e. The van der Waals surface area contributed by atoms with Gasteiger partial charge in [0.15, 0.2) is 0 Å². The lowest BCUT2D eigenvalue weighted by Gasteiger charge is -2.30. The van der Waals surface area contributed by atoms with E-state index in [9.17, 15) is 14.0 Å². The molecule has 6 nitrogen and oxygen atoms in total. The van der Waals surface area contributed by atoms with E-state index in [1.165, 1.54) is 24.3 Å². The molecular weight excluding hydrogens is 469 g/mol. The summed E-state index contributed by atoms with van der Waals surface area (Å²) in [5, 5.41) is 0.485. The Balaban J connectivity index is 1.71. The fraction of sp³-hybridized carbons (Fsp3) is 0.167. The lowest BCUT2D eigenvalue weighted by atomic mass is 10.1. The molecule has 1 amide bonds. The van der Waals surface area contributed by atoms with Crippen LogP contribution in [0.25, 0.3) is 16.6 Å². The second-order valence-electron chi connectivity index (χ2n) is 9.09. The van der Waals surface area contributed by atoms with E-state index in [1.807, 2.05) is 45.0 Å². The van der Waals surface area contributed by atoms with E-state index >= 15 is 0 Å². The van der Waals surface area contributed by atoms with Crippen LogP contribution in [0.5, 0.6) is 0 Å². The highest BCUT2D eigenvalue weighted by molar-refractivity contribution is 5.94. The summed E-state index contributed by atoms with van der Waals surface area (Å²) >= 11 is 0. The van der Waals surface area contributed by atoms with E-state index in [0.29, 0.717) is 33.7 Å². The number of hydrogen-bond acceptors (Lipinski definition) is 4. The fourth-order valence-corrected chi connectivity index (χ4v) is 4.40. The zero-order valence-corrected chi connectivity index (χ0v) is 20.8. The van der Waals surface area contributed by atoms with Gasteiger partial charge in [-0.3, -0.25) is 14.2 Å². The molecule has 186 valence electrons. The molecule has 0 fully saturated rings. The van der Waals surface area contributed by atoms with Crippen molar-refractivity contribution in [2.75, 3.05) is 0 Å². The van der Waals surface area contributed by atoms with Gasteiger partial charge in [0.05, 0.1) is 35.4 Å². The zero-order chi connectivity index (χ0) is 26.1. The normalized spacial score (nSPS) is 12.0. The molecule has 0 aliphatic rings. The molecule has 2 heterocycles. The Morgan fingerprint density at radius 3 is 2.46 bits per heavy atom. The average Bonchev–Trinajstić information content (AvgIpc) is 3.42. The molecule has 1 unspecified atom stereocenters. The second kappa shape index (κ2) is 9.85. The molecule has 3 aromatic carbocycles. The summed E-state index contributed by atoms with van der Waals surface area (Å²) in [7, 11) is 0. The number of aryl methyl sites for hydroxylation is 2. The highest BCUT2D eigenvalue weighted by Gasteiger charge is 2.28. The Labute approximate surface area is 213 Å². The lowest BCUT2D eigenvalue weighted by Crippen LogP contribution is -2.37. The number of rotatable bonds is 6. The van der Waals surface area contributed by atoms with Crippen LogP contribution >= 0.6 is 0 Å². The van der Waals surface area contributed by atoms with Gasteiger partial charge in [-0.1, -0.05) is 18.2 Å². The van der Waals surface area contributed by atoms with Gasteiger partial charge < -0.3 is 9.32 Å². The third-order valence-electron chi connectivity index (χ3n) is 6.65. The molecule has 5 aromatic rings. The van der Waals surface area contributed by atoms with Gasteiger partial charge in [-0.15, -0.1) is 0 Å². The number of carbonyl (C=O) groups is 1. The Morgan fingerprint density at radius 1 is 1.00 bits per heavy atom. The van der Waals surface area contributed by atoms with Gasteiger partial charge >= 0.3 is 0 Å². The predicted octanol–water partition coefficient (Wildman–Crippen LogP) is 6.14. The number of furan rings is 1. The van der Waals surface area contributed by atoms with Crippen LogP contribution in [0.3, 0.4) is 0 Å². The van der Waals surface area contributed by atoms with Crippen LogP contribution in [0, 0.1) is 19.7 Å². The largest absolute Gasteiger partial charge is 0.467 e. The summed E-state index contributed by atoms with van der Waals surface area (Å²) in [5.41, 5.74) is 3.45. The van der Waals surface area contributed by atoms with E-state index in [2.05, 4.69) is 0 Å². The van der Waals surface area contributed by atoms with Crippen molar-refractivity contribution in [3.63, 3.8) is 0 Å². The van der Waals surface area contributed by atoms with Crippen LogP contribution in [0.4, 0.5) is 4.39 Å². The third kappa shape index (κ3) is 4.68. The fourth-order valence-electron chi connectivity index (χ4n) is 4.40. The Morgan fingerprint density at radius 2 is 1.76 bits per heavy atom. The monoisotopic (exact) mass is 495 g/mol. The number of nitrogens with zero attached hydrogens (tertiary/aromatic N) is 3. The maximum atomic E-state index is 13.8. The topological polar surface area (TPSA) is 68.3 Å². The average molecular weight is 496 g/mol. The molecule has 2 aromatic heterocycles. The van der Waals surface area contributed by atoms with Crippen molar-refractivity contribution < 1.29 is 13.6 Å². The Kier molecular flexibility index (Phi) is 6.44. The molecule has 7 heteroatoms. The number of hydrogen-bond donors (Lipinski definition) is 0. The van der Waals surface area contributed by atoms with E-state index in [1.54, 1.807) is 46.1 Å². The molecular formula is C30H26FN3O3. The summed E-state index contributed by atoms with van der Waals surface area (Å²) in [5.74, 6) is 0.219. The van der Waals surface area contributed by atoms with Gasteiger partial charge in [0.2, 0.25) is 0 Å². The highest BCUT2D eigenvalue weighted by Crippen LogP contribution is 2.27. The van der Waals surface area contributed by atoms with E-state index in [4.69, 9.17) is 9.40 Å². The zero-order valence-electron chi connectivity index (χ0n) is 20.8. The first kappa shape index (κ1) is 24.2. The highest BCUT2D eigenvalue weighted by atomic mass is 19.1. The number of aromatic nitrogens is 2. The first-order valence-electron chi connectivity index (χ1n) is 12.0. The number of fused-ring (bicyclic) bond motifs is 1. The molecule has 37 heavy (non-hydrogen) atoms. The van der Waals surface area contributed by atoms with Crippen molar-refractivity contribution in [3.05, 3.63) is 130 Å². The number of halogens is 1. The van der Waals surface area contributed by atoms with Gasteiger partial charge in [-0.25, -0.2) is 9.37 Å². The number of benzene rings is 3. The van der Waals surface area contributed by atoms with E-state index in [-0.39, 0.29) is 18.0 Å². The Bertz CT molecular complexity index is 1640. The minimum absolute atomic E-state index is 0.139. The van der Waals surface area contributed by atoms with Crippen molar-refractivity contribution in [2.24, 2.45) is 0 Å². The predicted molar refractivity (Wildman–Crippen MR) is 140 cm³/mol. The summed E-state index contributed by atoms with van der Waals surface area (Å²) in [6.07, 6.45) is 1.54. The van der Waals surface area contributed by atoms with Crippen LogP contribution in [0.1, 0.15) is 46.0 Å². The van der Waals surface area contributed by atoms with Crippen molar-refractivity contribution in [1.29, 1.82) is 0 Å². The van der Waals surface area contributed by atoms with Gasteiger partial charge in [-0.05, 0) is 92.6 Å². The van der Waals surface area contributed by atoms with Crippen LogP contribution in [0.15, 0.2) is 94.3 Å². The molecule has 0 N–H and O–H groups in total. The number of amides is 1. The third-order valence-corrected chi connectivity index (χ3v) is 6.65. The van der Waals surface area contributed by atoms with Gasteiger partial charge in [0.1, 0.15) is 17.4 Å². The first-order valence-corrected chi connectivity index (χ1v) is 12.0. The molecule has 0 saturated heterocycles. The van der Waals surface area contributed by atoms with Gasteiger partial charge in [-0.2, -0.15) is 0 Å². The minimum atomic E-state index is -0.637. The maximum Gasteiger partial charge on any atom is 0.266 e. The molecule has 0 saturated carbocycles. The Hall–Kier alpha value is -4.52. The van der Waals surface area contributed by atoms with Gasteiger partial charge in [0, 0.05) is 5.56 Å². The number of para-hydroxylation sites is 1. The number of carbonyl (C=O) groups excluding carboxylic acids is 1. The quantitative estimate of drug-likeness (QED) is 0.284. The SMILES string of the molecule is Cc1ccc(-n2c(C(C)N(Cc3ccco3)C(=O)c3ccc(F)cc3)nc3ccccc3c2=O)cc1C. The molecule has 0 aliphatic carbocycles. The molecule has 0 aliphatic heterocycles. The van der Waals surface area contributed by atoms with Crippen molar-refractivity contribution in [2.45, 2.75) is 33.4 Å². The van der Waals surface area contributed by atoms with Crippen LogP contribution in [-0.4, -0.2) is 20.4 Å². The van der Waals surface area contributed by atoms with Crippen LogP contribution < -0.4 is 5.56 Å². The summed E-state index contributed by atoms with van der Waals surface area (Å²) in [6.45, 7) is 5.97. The van der Waals surface area contributed by atoms with Crippen LogP contribution in [0.2, 0.25) is 0 Å². The second-order valence-corrected chi connectivity index (χ2v) is 9.09. The maximum absolute atomic E-state index is 13.8. The minimum Gasteiger partial charge on any atom is -0.467 e. The standard InChI is InChI=1S/C30H26FN3O3/c1-19-10-15-24(17-20(19)2)34-28(32-27-9-5-4-8-26(27)30(34)36)21(3)33(18-25-7-6-16-37-25)29(35)22-11-13-23(31)14-12-22/h4-17,21H,18H2,1-3H3. The molecule has 0 radical (unpaired) electrons. The van der Waals surface area contributed by atoms with Crippen molar-refractivity contribution in [1.82, 2.24) is 14.5 Å². The van der Waals surface area contributed by atoms with Gasteiger partial charge in [0.25, 0.3) is 11.5 Å². The summed E-state index contributed by atoms with van der Waals surface area (Å²) in [6, 6.07) is 21.3. The van der Waals surface area contributed by atoms with Crippen molar-refractivity contribution >= 4 is 16.8 Å².